The number of nitriles is 1. The van der Waals surface area contributed by atoms with Crippen LogP contribution in [-0.2, 0) is 0 Å². The van der Waals surface area contributed by atoms with Gasteiger partial charge in [-0.25, -0.2) is 4.98 Å². The second-order valence-corrected chi connectivity index (χ2v) is 5.51. The standard InChI is InChI=1S/C13H10ClN3OS/c1-7-8(2)19-13(9(7)6-15)17-12(18)10-4-3-5-11(14)16-10/h3-5H,1-2H3,(H,17,18). The van der Waals surface area contributed by atoms with E-state index in [-0.39, 0.29) is 16.8 Å². The summed E-state index contributed by atoms with van der Waals surface area (Å²) in [7, 11) is 0. The van der Waals surface area contributed by atoms with Gasteiger partial charge in [0.1, 0.15) is 21.9 Å². The van der Waals surface area contributed by atoms with Crippen molar-refractivity contribution in [2.45, 2.75) is 13.8 Å². The van der Waals surface area contributed by atoms with Crippen LogP contribution in [0.1, 0.15) is 26.5 Å². The van der Waals surface area contributed by atoms with Gasteiger partial charge in [0.2, 0.25) is 0 Å². The maximum absolute atomic E-state index is 12.0. The molecule has 1 N–H and O–H groups in total. The number of anilines is 1. The first-order valence-electron chi connectivity index (χ1n) is 5.47. The van der Waals surface area contributed by atoms with Crippen molar-refractivity contribution in [1.29, 1.82) is 5.26 Å². The first-order chi connectivity index (χ1) is 9.02. The smallest absolute Gasteiger partial charge is 0.274 e. The van der Waals surface area contributed by atoms with Crippen LogP contribution >= 0.6 is 22.9 Å². The Bertz CT molecular complexity index is 688. The molecule has 1 amide bonds. The number of carbonyl (C=O) groups is 1. The van der Waals surface area contributed by atoms with Gasteiger partial charge in [0.05, 0.1) is 5.56 Å². The van der Waals surface area contributed by atoms with Crippen LogP contribution in [0.5, 0.6) is 0 Å². The van der Waals surface area contributed by atoms with Crippen molar-refractivity contribution < 1.29 is 4.79 Å². The second-order valence-electron chi connectivity index (χ2n) is 3.90. The minimum atomic E-state index is -0.375. The zero-order valence-electron chi connectivity index (χ0n) is 10.3. The molecule has 0 radical (unpaired) electrons. The maximum Gasteiger partial charge on any atom is 0.274 e. The molecule has 6 heteroatoms. The number of thiophene rings is 1. The summed E-state index contributed by atoms with van der Waals surface area (Å²) in [6.07, 6.45) is 0. The predicted octanol–water partition coefficient (Wildman–Crippen LogP) is 3.54. The molecule has 0 aliphatic carbocycles. The van der Waals surface area contributed by atoms with E-state index in [4.69, 9.17) is 16.9 Å². The molecule has 0 saturated heterocycles. The van der Waals surface area contributed by atoms with Crippen molar-refractivity contribution in [2.24, 2.45) is 0 Å². The Kier molecular flexibility index (Phi) is 3.84. The summed E-state index contributed by atoms with van der Waals surface area (Å²) in [6, 6.07) is 6.92. The van der Waals surface area contributed by atoms with Crippen LogP contribution in [0.15, 0.2) is 18.2 Å². The van der Waals surface area contributed by atoms with Gasteiger partial charge in [0.15, 0.2) is 0 Å². The topological polar surface area (TPSA) is 65.8 Å². The predicted molar refractivity (Wildman–Crippen MR) is 75.7 cm³/mol. The van der Waals surface area contributed by atoms with Gasteiger partial charge < -0.3 is 5.32 Å². The van der Waals surface area contributed by atoms with E-state index in [1.165, 1.54) is 11.3 Å². The van der Waals surface area contributed by atoms with E-state index in [0.717, 1.165) is 10.4 Å². The molecule has 0 spiro atoms. The third-order valence-electron chi connectivity index (χ3n) is 2.67. The minimum absolute atomic E-state index is 0.222. The van der Waals surface area contributed by atoms with Gasteiger partial charge in [-0.2, -0.15) is 5.26 Å². The van der Waals surface area contributed by atoms with Crippen LogP contribution in [0.2, 0.25) is 5.15 Å². The Balaban J connectivity index is 2.30. The number of pyridine rings is 1. The molecule has 2 heterocycles. The van der Waals surface area contributed by atoms with E-state index in [0.29, 0.717) is 10.6 Å². The lowest BCUT2D eigenvalue weighted by Crippen LogP contribution is -2.13. The monoisotopic (exact) mass is 291 g/mol. The number of hydrogen-bond acceptors (Lipinski definition) is 4. The van der Waals surface area contributed by atoms with Gasteiger partial charge in [-0.15, -0.1) is 11.3 Å². The normalized spacial score (nSPS) is 10.0. The SMILES string of the molecule is Cc1sc(NC(=O)c2cccc(Cl)n2)c(C#N)c1C. The molecule has 0 aromatic carbocycles. The highest BCUT2D eigenvalue weighted by Crippen LogP contribution is 2.31. The zero-order valence-corrected chi connectivity index (χ0v) is 11.9. The molecule has 0 fully saturated rings. The fraction of sp³-hybridized carbons (Fsp3) is 0.154. The average Bonchev–Trinajstić information content (AvgIpc) is 2.64. The number of aromatic nitrogens is 1. The fourth-order valence-corrected chi connectivity index (χ4v) is 2.72. The molecule has 0 atom stereocenters. The number of nitrogens with one attached hydrogen (secondary N) is 1. The quantitative estimate of drug-likeness (QED) is 0.861. The maximum atomic E-state index is 12.0. The summed E-state index contributed by atoms with van der Waals surface area (Å²) in [4.78, 5) is 17.0. The van der Waals surface area contributed by atoms with Crippen LogP contribution in [0.25, 0.3) is 0 Å². The largest absolute Gasteiger partial charge is 0.311 e. The first kappa shape index (κ1) is 13.5. The van der Waals surface area contributed by atoms with Crippen molar-refractivity contribution in [3.63, 3.8) is 0 Å². The molecule has 2 aromatic rings. The van der Waals surface area contributed by atoms with E-state index in [1.807, 2.05) is 13.8 Å². The third-order valence-corrected chi connectivity index (χ3v) is 4.01. The Hall–Kier alpha value is -1.90. The second kappa shape index (κ2) is 5.39. The van der Waals surface area contributed by atoms with Crippen molar-refractivity contribution in [2.75, 3.05) is 5.32 Å². The third kappa shape index (κ3) is 2.75. The average molecular weight is 292 g/mol. The molecular formula is C13H10ClN3OS. The summed E-state index contributed by atoms with van der Waals surface area (Å²) < 4.78 is 0. The lowest BCUT2D eigenvalue weighted by atomic mass is 10.2. The number of hydrogen-bond donors (Lipinski definition) is 1. The van der Waals surface area contributed by atoms with Crippen LogP contribution < -0.4 is 5.32 Å². The number of carbonyl (C=O) groups excluding carboxylic acids is 1. The number of nitrogens with zero attached hydrogens (tertiary/aromatic N) is 2. The highest BCUT2D eigenvalue weighted by atomic mass is 35.5. The molecule has 4 nitrogen and oxygen atoms in total. The lowest BCUT2D eigenvalue weighted by molar-refractivity contribution is 0.102. The molecular weight excluding hydrogens is 282 g/mol. The first-order valence-corrected chi connectivity index (χ1v) is 6.66. The van der Waals surface area contributed by atoms with Gasteiger partial charge >= 0.3 is 0 Å². The summed E-state index contributed by atoms with van der Waals surface area (Å²) in [5.74, 6) is -0.375. The summed E-state index contributed by atoms with van der Waals surface area (Å²) in [5.41, 5.74) is 1.61. The highest BCUT2D eigenvalue weighted by Gasteiger charge is 2.16. The number of halogens is 1. The van der Waals surface area contributed by atoms with E-state index in [2.05, 4.69) is 16.4 Å². The molecule has 0 aliphatic rings. The molecule has 0 aliphatic heterocycles. The van der Waals surface area contributed by atoms with E-state index in [1.54, 1.807) is 18.2 Å². The number of rotatable bonds is 2. The Morgan fingerprint density at radius 3 is 2.84 bits per heavy atom. The summed E-state index contributed by atoms with van der Waals surface area (Å²) in [6.45, 7) is 3.77. The lowest BCUT2D eigenvalue weighted by Gasteiger charge is -2.02. The fourth-order valence-electron chi connectivity index (χ4n) is 1.55. The van der Waals surface area contributed by atoms with Crippen molar-refractivity contribution >= 4 is 33.8 Å². The van der Waals surface area contributed by atoms with E-state index in [9.17, 15) is 4.79 Å². The highest BCUT2D eigenvalue weighted by molar-refractivity contribution is 7.16. The molecule has 0 saturated carbocycles. The molecule has 0 bridgehead atoms. The van der Waals surface area contributed by atoms with Crippen molar-refractivity contribution in [1.82, 2.24) is 4.98 Å². The number of amides is 1. The van der Waals surface area contributed by atoms with E-state index >= 15 is 0 Å². The Morgan fingerprint density at radius 1 is 1.47 bits per heavy atom. The molecule has 96 valence electrons. The van der Waals surface area contributed by atoms with Gasteiger partial charge in [-0.1, -0.05) is 17.7 Å². The minimum Gasteiger partial charge on any atom is -0.311 e. The van der Waals surface area contributed by atoms with Gasteiger partial charge in [-0.3, -0.25) is 4.79 Å². The van der Waals surface area contributed by atoms with Gasteiger partial charge in [-0.05, 0) is 31.5 Å². The zero-order chi connectivity index (χ0) is 14.0. The molecule has 19 heavy (non-hydrogen) atoms. The Labute approximate surface area is 119 Å². The van der Waals surface area contributed by atoms with Crippen LogP contribution in [0.4, 0.5) is 5.00 Å². The summed E-state index contributed by atoms with van der Waals surface area (Å²) >= 11 is 7.12. The summed E-state index contributed by atoms with van der Waals surface area (Å²) in [5, 5.41) is 12.6. The molecule has 0 unspecified atom stereocenters. The van der Waals surface area contributed by atoms with Crippen molar-refractivity contribution in [3.8, 4) is 6.07 Å². The van der Waals surface area contributed by atoms with Gasteiger partial charge in [0, 0.05) is 4.88 Å². The van der Waals surface area contributed by atoms with E-state index < -0.39 is 0 Å². The van der Waals surface area contributed by atoms with Crippen molar-refractivity contribution in [3.05, 3.63) is 45.1 Å². The van der Waals surface area contributed by atoms with Gasteiger partial charge in [0.25, 0.3) is 5.91 Å². The van der Waals surface area contributed by atoms with Crippen LogP contribution in [-0.4, -0.2) is 10.9 Å². The molecule has 2 aromatic heterocycles. The van der Waals surface area contributed by atoms with Crippen LogP contribution in [0.3, 0.4) is 0 Å². The molecule has 2 rings (SSSR count). The Morgan fingerprint density at radius 2 is 2.21 bits per heavy atom. The van der Waals surface area contributed by atoms with Crippen LogP contribution in [0, 0.1) is 25.2 Å². The number of aryl methyl sites for hydroxylation is 1.